The number of benzene rings is 1. The molecule has 5 nitrogen and oxygen atoms in total. The predicted octanol–water partition coefficient (Wildman–Crippen LogP) is 0.981. The van der Waals surface area contributed by atoms with Crippen molar-refractivity contribution in [3.05, 3.63) is 29.8 Å². The van der Waals surface area contributed by atoms with Gasteiger partial charge in [0.25, 0.3) is 0 Å². The highest BCUT2D eigenvalue weighted by molar-refractivity contribution is 6.01. The molecule has 1 heterocycles. The van der Waals surface area contributed by atoms with Crippen molar-refractivity contribution in [1.29, 1.82) is 0 Å². The summed E-state index contributed by atoms with van der Waals surface area (Å²) in [5.41, 5.74) is 1.66. The van der Waals surface area contributed by atoms with Crippen LogP contribution < -0.4 is 4.90 Å². The van der Waals surface area contributed by atoms with E-state index in [0.29, 0.717) is 19.4 Å². The lowest BCUT2D eigenvalue weighted by atomic mass is 10.1. The Hall–Kier alpha value is -1.88. The molecule has 1 amide bonds. The van der Waals surface area contributed by atoms with Gasteiger partial charge in [-0.3, -0.25) is 9.69 Å². The van der Waals surface area contributed by atoms with Gasteiger partial charge in [0.15, 0.2) is 0 Å². The first-order valence-electron chi connectivity index (χ1n) is 6.28. The van der Waals surface area contributed by atoms with Crippen molar-refractivity contribution in [2.45, 2.75) is 18.9 Å². The third-order valence-electron chi connectivity index (χ3n) is 3.30. The lowest BCUT2D eigenvalue weighted by Gasteiger charge is -2.23. The Bertz CT molecular complexity index is 499. The summed E-state index contributed by atoms with van der Waals surface area (Å²) in [5, 5.41) is 9.28. The van der Waals surface area contributed by atoms with Crippen LogP contribution in [0.2, 0.25) is 0 Å². The highest BCUT2D eigenvalue weighted by Crippen LogP contribution is 2.32. The third-order valence-corrected chi connectivity index (χ3v) is 3.30. The summed E-state index contributed by atoms with van der Waals surface area (Å²) in [6.07, 6.45) is 0.713. The molecular weight excluding hydrogens is 244 g/mol. The number of anilines is 1. The first-order valence-corrected chi connectivity index (χ1v) is 6.28. The molecule has 0 aromatic heterocycles. The summed E-state index contributed by atoms with van der Waals surface area (Å²) in [4.78, 5) is 26.9. The second-order valence-electron chi connectivity index (χ2n) is 5.00. The van der Waals surface area contributed by atoms with Gasteiger partial charge in [-0.1, -0.05) is 18.2 Å². The number of aliphatic carboxylic acids is 1. The number of hydrogen-bond donors (Lipinski definition) is 1. The van der Waals surface area contributed by atoms with Gasteiger partial charge in [0, 0.05) is 25.1 Å². The molecule has 1 aliphatic rings. The summed E-state index contributed by atoms with van der Waals surface area (Å²) in [6.45, 7) is 0.615. The van der Waals surface area contributed by atoms with E-state index in [9.17, 15) is 14.7 Å². The maximum Gasteiger partial charge on any atom is 0.327 e. The van der Waals surface area contributed by atoms with Crippen LogP contribution in [-0.4, -0.2) is 48.6 Å². The van der Waals surface area contributed by atoms with Crippen LogP contribution in [0, 0.1) is 0 Å². The van der Waals surface area contributed by atoms with Crippen LogP contribution in [0.25, 0.3) is 0 Å². The van der Waals surface area contributed by atoms with Crippen molar-refractivity contribution in [2.24, 2.45) is 0 Å². The number of carboxylic acids is 1. The molecule has 1 aromatic rings. The van der Waals surface area contributed by atoms with Gasteiger partial charge in [-0.2, -0.15) is 0 Å². The van der Waals surface area contributed by atoms with E-state index in [1.54, 1.807) is 0 Å². The second-order valence-corrected chi connectivity index (χ2v) is 5.00. The smallest absolute Gasteiger partial charge is 0.327 e. The Morgan fingerprint density at radius 2 is 2.05 bits per heavy atom. The van der Waals surface area contributed by atoms with E-state index in [2.05, 4.69) is 0 Å². The van der Waals surface area contributed by atoms with Crippen molar-refractivity contribution in [1.82, 2.24) is 4.90 Å². The maximum absolute atomic E-state index is 12.3. The first kappa shape index (κ1) is 13.5. The van der Waals surface area contributed by atoms with Gasteiger partial charge in [-0.05, 0) is 25.7 Å². The Balaban J connectivity index is 2.24. The van der Waals surface area contributed by atoms with Crippen LogP contribution >= 0.6 is 0 Å². The Kier molecular flexibility index (Phi) is 3.85. The molecule has 0 radical (unpaired) electrons. The quantitative estimate of drug-likeness (QED) is 0.878. The van der Waals surface area contributed by atoms with E-state index >= 15 is 0 Å². The van der Waals surface area contributed by atoms with Crippen molar-refractivity contribution in [3.8, 4) is 0 Å². The number of hydrogen-bond acceptors (Lipinski definition) is 3. The average Bonchev–Trinajstić information content (AvgIpc) is 2.75. The van der Waals surface area contributed by atoms with Gasteiger partial charge in [-0.25, -0.2) is 4.79 Å². The second kappa shape index (κ2) is 5.40. The molecule has 19 heavy (non-hydrogen) atoms. The van der Waals surface area contributed by atoms with Crippen molar-refractivity contribution >= 4 is 17.6 Å². The zero-order valence-electron chi connectivity index (χ0n) is 11.2. The lowest BCUT2D eigenvalue weighted by molar-refractivity contribution is -0.139. The molecule has 2 rings (SSSR count). The summed E-state index contributed by atoms with van der Waals surface area (Å²) in [7, 11) is 3.78. The molecule has 102 valence electrons. The molecule has 1 aromatic carbocycles. The van der Waals surface area contributed by atoms with Gasteiger partial charge < -0.3 is 10.0 Å². The standard InChI is InChI=1S/C14H18N2O3/c1-15(2)8-7-13(17)16-11-6-4-3-5-10(11)9-12(16)14(18)19/h3-6,12H,7-9H2,1-2H3,(H,18,19)/t12-/m0/s1. The van der Waals surface area contributed by atoms with Gasteiger partial charge >= 0.3 is 5.97 Å². The Labute approximate surface area is 112 Å². The fourth-order valence-corrected chi connectivity index (χ4v) is 2.33. The normalized spacial score (nSPS) is 17.6. The number of carbonyl (C=O) groups is 2. The molecule has 0 unspecified atom stereocenters. The largest absolute Gasteiger partial charge is 0.480 e. The molecule has 0 saturated carbocycles. The van der Waals surface area contributed by atoms with Crippen molar-refractivity contribution < 1.29 is 14.7 Å². The van der Waals surface area contributed by atoms with Gasteiger partial charge in [-0.15, -0.1) is 0 Å². The van der Waals surface area contributed by atoms with Crippen LogP contribution in [0.3, 0.4) is 0 Å². The SMILES string of the molecule is CN(C)CCC(=O)N1c2ccccc2C[C@H]1C(=O)O. The van der Waals surface area contributed by atoms with Gasteiger partial charge in [0.1, 0.15) is 6.04 Å². The third kappa shape index (κ3) is 2.76. The fraction of sp³-hybridized carbons (Fsp3) is 0.429. The minimum atomic E-state index is -0.950. The van der Waals surface area contributed by atoms with Crippen LogP contribution in [0.4, 0.5) is 5.69 Å². The number of fused-ring (bicyclic) bond motifs is 1. The highest BCUT2D eigenvalue weighted by atomic mass is 16.4. The van der Waals surface area contributed by atoms with Crippen LogP contribution in [-0.2, 0) is 16.0 Å². The number of rotatable bonds is 4. The molecule has 1 N–H and O–H groups in total. The van der Waals surface area contributed by atoms with Crippen LogP contribution in [0.5, 0.6) is 0 Å². The molecular formula is C14H18N2O3. The van der Waals surface area contributed by atoms with E-state index in [1.807, 2.05) is 43.3 Å². The maximum atomic E-state index is 12.3. The number of para-hydroxylation sites is 1. The zero-order chi connectivity index (χ0) is 14.0. The summed E-state index contributed by atoms with van der Waals surface area (Å²) < 4.78 is 0. The van der Waals surface area contributed by atoms with Crippen molar-refractivity contribution in [2.75, 3.05) is 25.5 Å². The fourth-order valence-electron chi connectivity index (χ4n) is 2.33. The topological polar surface area (TPSA) is 60.9 Å². The summed E-state index contributed by atoms with van der Waals surface area (Å²) >= 11 is 0. The molecule has 5 heteroatoms. The molecule has 0 bridgehead atoms. The van der Waals surface area contributed by atoms with E-state index in [1.165, 1.54) is 4.90 Å². The molecule has 0 aliphatic carbocycles. The molecule has 0 spiro atoms. The lowest BCUT2D eigenvalue weighted by Crippen LogP contribution is -2.43. The zero-order valence-corrected chi connectivity index (χ0v) is 11.2. The Morgan fingerprint density at radius 1 is 1.37 bits per heavy atom. The number of carbonyl (C=O) groups excluding carboxylic acids is 1. The van der Waals surface area contributed by atoms with Crippen LogP contribution in [0.1, 0.15) is 12.0 Å². The number of carboxylic acid groups (broad SMARTS) is 1. The summed E-state index contributed by atoms with van der Waals surface area (Å²) in [5.74, 6) is -1.08. The Morgan fingerprint density at radius 3 is 2.68 bits per heavy atom. The predicted molar refractivity (Wildman–Crippen MR) is 72.2 cm³/mol. The number of amides is 1. The molecule has 1 atom stereocenters. The minimum Gasteiger partial charge on any atom is -0.480 e. The average molecular weight is 262 g/mol. The van der Waals surface area contributed by atoms with Gasteiger partial charge in [0.05, 0.1) is 0 Å². The van der Waals surface area contributed by atoms with Crippen LogP contribution in [0.15, 0.2) is 24.3 Å². The van der Waals surface area contributed by atoms with Gasteiger partial charge in [0.2, 0.25) is 5.91 Å². The molecule has 1 aliphatic heterocycles. The highest BCUT2D eigenvalue weighted by Gasteiger charge is 2.37. The van der Waals surface area contributed by atoms with E-state index < -0.39 is 12.0 Å². The first-order chi connectivity index (χ1) is 9.00. The monoisotopic (exact) mass is 262 g/mol. The number of nitrogens with zero attached hydrogens (tertiary/aromatic N) is 2. The van der Waals surface area contributed by atoms with E-state index in [4.69, 9.17) is 0 Å². The minimum absolute atomic E-state index is 0.133. The molecule has 0 saturated heterocycles. The summed E-state index contributed by atoms with van der Waals surface area (Å²) in [6, 6.07) is 6.61. The van der Waals surface area contributed by atoms with E-state index in [-0.39, 0.29) is 5.91 Å². The molecule has 0 fully saturated rings. The van der Waals surface area contributed by atoms with E-state index in [0.717, 1.165) is 11.3 Å². The van der Waals surface area contributed by atoms with Crippen molar-refractivity contribution in [3.63, 3.8) is 0 Å².